The highest BCUT2D eigenvalue weighted by Crippen LogP contribution is 2.10. The third-order valence-corrected chi connectivity index (χ3v) is 3.32. The molecule has 2 rings (SSSR count). The van der Waals surface area contributed by atoms with Gasteiger partial charge in [-0.2, -0.15) is 0 Å². The fourth-order valence-electron chi connectivity index (χ4n) is 2.01. The minimum Gasteiger partial charge on any atom is -0.482 e. The summed E-state index contributed by atoms with van der Waals surface area (Å²) in [5.41, 5.74) is 1.64. The number of ether oxygens (including phenoxy) is 2. The normalized spacial score (nSPS) is 9.92. The van der Waals surface area contributed by atoms with Crippen molar-refractivity contribution in [1.82, 2.24) is 5.32 Å². The molecule has 0 atom stereocenters. The van der Waals surface area contributed by atoms with Crippen molar-refractivity contribution in [1.29, 1.82) is 0 Å². The lowest BCUT2D eigenvalue weighted by atomic mass is 10.1. The number of aldehydes is 1. The maximum atomic E-state index is 11.6. The van der Waals surface area contributed by atoms with Crippen LogP contribution in [0.1, 0.15) is 15.9 Å². The van der Waals surface area contributed by atoms with Gasteiger partial charge in [0.15, 0.2) is 13.2 Å². The Kier molecular flexibility index (Phi) is 7.18. The van der Waals surface area contributed by atoms with E-state index in [1.807, 2.05) is 30.3 Å². The Bertz CT molecular complexity index is 698. The number of benzene rings is 2. The van der Waals surface area contributed by atoms with Crippen LogP contribution in [-0.4, -0.2) is 37.9 Å². The van der Waals surface area contributed by atoms with Crippen LogP contribution < -0.4 is 10.1 Å². The van der Waals surface area contributed by atoms with E-state index in [1.54, 1.807) is 24.3 Å². The lowest BCUT2D eigenvalue weighted by molar-refractivity contribution is -0.150. The zero-order valence-electron chi connectivity index (χ0n) is 13.6. The van der Waals surface area contributed by atoms with Crippen molar-refractivity contribution in [2.45, 2.75) is 6.42 Å². The molecule has 0 saturated carbocycles. The molecule has 1 amide bonds. The monoisotopic (exact) mass is 341 g/mol. The lowest BCUT2D eigenvalue weighted by Gasteiger charge is -2.08. The molecule has 0 heterocycles. The van der Waals surface area contributed by atoms with Crippen LogP contribution >= 0.6 is 0 Å². The molecule has 0 saturated heterocycles. The zero-order valence-corrected chi connectivity index (χ0v) is 13.6. The summed E-state index contributed by atoms with van der Waals surface area (Å²) in [7, 11) is 0. The molecule has 6 heteroatoms. The zero-order chi connectivity index (χ0) is 17.9. The standard InChI is InChI=1S/C19H19NO5/c21-12-16-6-8-17(9-7-16)24-14-19(23)25-13-18(22)20-11-10-15-4-2-1-3-5-15/h1-9,12H,10-11,13-14H2,(H,20,22). The highest BCUT2D eigenvalue weighted by molar-refractivity contribution is 5.81. The Balaban J connectivity index is 1.60. The molecule has 6 nitrogen and oxygen atoms in total. The molecular formula is C19H19NO5. The third kappa shape index (κ3) is 6.87. The summed E-state index contributed by atoms with van der Waals surface area (Å²) >= 11 is 0. The highest BCUT2D eigenvalue weighted by Gasteiger charge is 2.08. The van der Waals surface area contributed by atoms with Gasteiger partial charge in [0.05, 0.1) is 0 Å². The number of esters is 1. The van der Waals surface area contributed by atoms with Crippen molar-refractivity contribution >= 4 is 18.2 Å². The van der Waals surface area contributed by atoms with Gasteiger partial charge in [0, 0.05) is 12.1 Å². The largest absolute Gasteiger partial charge is 0.482 e. The summed E-state index contributed by atoms with van der Waals surface area (Å²) in [5, 5.41) is 2.68. The van der Waals surface area contributed by atoms with Crippen LogP contribution in [0, 0.1) is 0 Å². The summed E-state index contributed by atoms with van der Waals surface area (Å²) in [6.45, 7) is -0.182. The molecule has 0 aromatic heterocycles. The number of nitrogens with one attached hydrogen (secondary N) is 1. The minimum atomic E-state index is -0.641. The van der Waals surface area contributed by atoms with E-state index in [2.05, 4.69) is 5.32 Å². The van der Waals surface area contributed by atoms with Gasteiger partial charge >= 0.3 is 5.97 Å². The van der Waals surface area contributed by atoms with E-state index in [-0.39, 0.29) is 19.1 Å². The maximum absolute atomic E-state index is 11.6. The van der Waals surface area contributed by atoms with Crippen molar-refractivity contribution < 1.29 is 23.9 Å². The van der Waals surface area contributed by atoms with Crippen molar-refractivity contribution in [2.24, 2.45) is 0 Å². The Labute approximate surface area is 145 Å². The second-order valence-electron chi connectivity index (χ2n) is 5.22. The predicted octanol–water partition coefficient (Wildman–Crippen LogP) is 1.78. The fourth-order valence-corrected chi connectivity index (χ4v) is 2.01. The van der Waals surface area contributed by atoms with Gasteiger partial charge in [0.25, 0.3) is 5.91 Å². The predicted molar refractivity (Wildman–Crippen MR) is 91.4 cm³/mol. The van der Waals surface area contributed by atoms with Crippen molar-refractivity contribution in [3.05, 3.63) is 65.7 Å². The van der Waals surface area contributed by atoms with Crippen LogP contribution in [0.2, 0.25) is 0 Å². The van der Waals surface area contributed by atoms with Crippen LogP contribution in [0.3, 0.4) is 0 Å². The average Bonchev–Trinajstić information content (AvgIpc) is 2.66. The molecule has 25 heavy (non-hydrogen) atoms. The lowest BCUT2D eigenvalue weighted by Crippen LogP contribution is -2.31. The molecule has 1 N–H and O–H groups in total. The average molecular weight is 341 g/mol. The van der Waals surface area contributed by atoms with Gasteiger partial charge in [-0.25, -0.2) is 4.79 Å². The van der Waals surface area contributed by atoms with Gasteiger partial charge in [-0.1, -0.05) is 30.3 Å². The number of carbonyl (C=O) groups is 3. The fraction of sp³-hybridized carbons (Fsp3) is 0.211. The summed E-state index contributed by atoms with van der Waals surface area (Å²) in [6.07, 6.45) is 1.43. The van der Waals surface area contributed by atoms with E-state index in [1.165, 1.54) is 0 Å². The summed E-state index contributed by atoms with van der Waals surface area (Å²) in [5.74, 6) is -0.563. The van der Waals surface area contributed by atoms with E-state index >= 15 is 0 Å². The number of amides is 1. The Morgan fingerprint density at radius 3 is 2.36 bits per heavy atom. The van der Waals surface area contributed by atoms with Gasteiger partial charge in [-0.3, -0.25) is 9.59 Å². The van der Waals surface area contributed by atoms with E-state index < -0.39 is 5.97 Å². The molecule has 0 fully saturated rings. The van der Waals surface area contributed by atoms with Gasteiger partial charge in [0.1, 0.15) is 12.0 Å². The van der Waals surface area contributed by atoms with Crippen molar-refractivity contribution in [2.75, 3.05) is 19.8 Å². The second kappa shape index (κ2) is 9.87. The molecule has 2 aromatic rings. The molecule has 0 aliphatic carbocycles. The van der Waals surface area contributed by atoms with Crippen LogP contribution in [-0.2, 0) is 20.7 Å². The Morgan fingerprint density at radius 2 is 1.68 bits per heavy atom. The van der Waals surface area contributed by atoms with Gasteiger partial charge in [-0.05, 0) is 36.2 Å². The first-order valence-corrected chi connectivity index (χ1v) is 7.81. The topological polar surface area (TPSA) is 81.7 Å². The van der Waals surface area contributed by atoms with E-state index in [0.717, 1.165) is 5.56 Å². The first-order valence-electron chi connectivity index (χ1n) is 7.81. The summed E-state index contributed by atoms with van der Waals surface area (Å²) in [4.78, 5) is 33.7. The summed E-state index contributed by atoms with van der Waals surface area (Å²) < 4.78 is 10.1. The second-order valence-corrected chi connectivity index (χ2v) is 5.22. The van der Waals surface area contributed by atoms with E-state index in [0.29, 0.717) is 30.6 Å². The number of hydrogen-bond acceptors (Lipinski definition) is 5. The quantitative estimate of drug-likeness (QED) is 0.555. The Hall–Kier alpha value is -3.15. The van der Waals surface area contributed by atoms with E-state index in [4.69, 9.17) is 9.47 Å². The molecular weight excluding hydrogens is 322 g/mol. The third-order valence-electron chi connectivity index (χ3n) is 3.32. The van der Waals surface area contributed by atoms with Gasteiger partial charge < -0.3 is 14.8 Å². The first-order chi connectivity index (χ1) is 12.2. The van der Waals surface area contributed by atoms with Gasteiger partial charge in [-0.15, -0.1) is 0 Å². The number of hydrogen-bond donors (Lipinski definition) is 1. The van der Waals surface area contributed by atoms with Crippen molar-refractivity contribution in [3.63, 3.8) is 0 Å². The van der Waals surface area contributed by atoms with Crippen molar-refractivity contribution in [3.8, 4) is 5.75 Å². The molecule has 0 aliphatic heterocycles. The molecule has 0 radical (unpaired) electrons. The maximum Gasteiger partial charge on any atom is 0.344 e. The van der Waals surface area contributed by atoms with Crippen LogP contribution in [0.25, 0.3) is 0 Å². The smallest absolute Gasteiger partial charge is 0.344 e. The summed E-state index contributed by atoms with van der Waals surface area (Å²) in [6, 6.07) is 16.1. The van der Waals surface area contributed by atoms with Crippen LogP contribution in [0.4, 0.5) is 0 Å². The van der Waals surface area contributed by atoms with Gasteiger partial charge in [0.2, 0.25) is 0 Å². The molecule has 0 spiro atoms. The molecule has 2 aromatic carbocycles. The molecule has 0 bridgehead atoms. The first kappa shape index (κ1) is 18.2. The van der Waals surface area contributed by atoms with E-state index in [9.17, 15) is 14.4 Å². The molecule has 130 valence electrons. The highest BCUT2D eigenvalue weighted by atomic mass is 16.6. The SMILES string of the molecule is O=Cc1ccc(OCC(=O)OCC(=O)NCCc2ccccc2)cc1. The number of carbonyl (C=O) groups excluding carboxylic acids is 3. The van der Waals surface area contributed by atoms with Crippen LogP contribution in [0.5, 0.6) is 5.75 Å². The molecule has 0 unspecified atom stereocenters. The van der Waals surface area contributed by atoms with Crippen LogP contribution in [0.15, 0.2) is 54.6 Å². The molecule has 0 aliphatic rings. The Morgan fingerprint density at radius 1 is 0.960 bits per heavy atom. The number of rotatable bonds is 9. The minimum absolute atomic E-state index is 0.308.